The highest BCUT2D eigenvalue weighted by atomic mass is 35.5. The minimum atomic E-state index is -0.674. The summed E-state index contributed by atoms with van der Waals surface area (Å²) in [5.74, 6) is -0.497. The molecule has 0 aliphatic heterocycles. The molecule has 4 nitrogen and oxygen atoms in total. The van der Waals surface area contributed by atoms with Crippen molar-refractivity contribution in [1.29, 1.82) is 0 Å². The summed E-state index contributed by atoms with van der Waals surface area (Å²) < 4.78 is 14.2. The van der Waals surface area contributed by atoms with E-state index >= 15 is 0 Å². The molecule has 0 unspecified atom stereocenters. The first-order valence-electron chi connectivity index (χ1n) is 4.70. The van der Waals surface area contributed by atoms with Gasteiger partial charge in [-0.05, 0) is 23.3 Å². The Labute approximate surface area is 102 Å². The van der Waals surface area contributed by atoms with E-state index in [-0.39, 0.29) is 5.02 Å². The number of carbonyl (C=O) groups is 1. The van der Waals surface area contributed by atoms with Crippen LogP contribution in [0.3, 0.4) is 0 Å². The molecule has 6 heteroatoms. The van der Waals surface area contributed by atoms with Gasteiger partial charge in [-0.3, -0.25) is 0 Å². The first-order chi connectivity index (χ1) is 8.06. The van der Waals surface area contributed by atoms with Gasteiger partial charge in [-0.2, -0.15) is 9.78 Å². The van der Waals surface area contributed by atoms with E-state index in [1.807, 2.05) is 0 Å². The van der Waals surface area contributed by atoms with E-state index in [2.05, 4.69) is 5.10 Å². The van der Waals surface area contributed by atoms with Crippen molar-refractivity contribution in [3.8, 4) is 0 Å². The Balaban J connectivity index is 2.19. The van der Waals surface area contributed by atoms with Crippen LogP contribution >= 0.6 is 11.6 Å². The zero-order valence-corrected chi connectivity index (χ0v) is 9.36. The largest absolute Gasteiger partial charge is 0.350 e. The lowest BCUT2D eigenvalue weighted by molar-refractivity contribution is 0.247. The lowest BCUT2D eigenvalue weighted by Gasteiger charge is -1.99. The smallest absolute Gasteiger partial charge is 0.339 e. The average molecular weight is 253 g/mol. The van der Waals surface area contributed by atoms with E-state index in [9.17, 15) is 9.18 Å². The first-order valence-corrected chi connectivity index (χ1v) is 5.08. The molecule has 2 rings (SSSR count). The molecule has 0 atom stereocenters. The van der Waals surface area contributed by atoms with Crippen LogP contribution in [0.4, 0.5) is 9.18 Å². The molecule has 0 spiro atoms. The number of benzene rings is 1. The third kappa shape index (κ3) is 2.62. The van der Waals surface area contributed by atoms with Gasteiger partial charge < -0.3 is 5.73 Å². The average Bonchev–Trinajstić information content (AvgIpc) is 2.72. The van der Waals surface area contributed by atoms with Gasteiger partial charge in [0.1, 0.15) is 5.82 Å². The summed E-state index contributed by atoms with van der Waals surface area (Å²) in [7, 11) is 0. The van der Waals surface area contributed by atoms with Gasteiger partial charge in [0.2, 0.25) is 0 Å². The number of primary amides is 1. The Bertz CT molecular complexity index is 568. The van der Waals surface area contributed by atoms with Gasteiger partial charge in [0.25, 0.3) is 0 Å². The van der Waals surface area contributed by atoms with E-state index in [1.54, 1.807) is 12.5 Å². The number of rotatable bonds is 2. The molecule has 1 heterocycles. The van der Waals surface area contributed by atoms with Crippen LogP contribution in [0, 0.1) is 12.2 Å². The minimum Gasteiger partial charge on any atom is -0.350 e. The lowest BCUT2D eigenvalue weighted by Crippen LogP contribution is -2.19. The summed E-state index contributed by atoms with van der Waals surface area (Å²) in [5.41, 5.74) is 6.30. The number of nitrogens with zero attached hydrogens (tertiary/aromatic N) is 2. The van der Waals surface area contributed by atoms with Crippen LogP contribution in [0.2, 0.25) is 5.02 Å². The Morgan fingerprint density at radius 2 is 2.24 bits per heavy atom. The summed E-state index contributed by atoms with van der Waals surface area (Å²) in [6.07, 6.45) is 4.57. The quantitative estimate of drug-likeness (QED) is 0.891. The Morgan fingerprint density at radius 1 is 1.47 bits per heavy atom. The van der Waals surface area contributed by atoms with E-state index in [0.717, 1.165) is 4.68 Å². The van der Waals surface area contributed by atoms with Crippen molar-refractivity contribution in [2.24, 2.45) is 5.73 Å². The standard InChI is InChI=1S/C11H8ClFN3O/c12-9-2-1-7(4-10(9)13)3-8-5-15-16(6-8)11(14)17/h1-6H,(H2,14,17). The van der Waals surface area contributed by atoms with Gasteiger partial charge in [-0.25, -0.2) is 9.18 Å². The van der Waals surface area contributed by atoms with E-state index < -0.39 is 11.8 Å². The molecule has 0 fully saturated rings. The SMILES string of the molecule is NC(=O)n1cc([CH]c2ccc(Cl)c(F)c2)cn1. The molecule has 87 valence electrons. The van der Waals surface area contributed by atoms with Crippen LogP contribution in [0.5, 0.6) is 0 Å². The highest BCUT2D eigenvalue weighted by Crippen LogP contribution is 2.18. The van der Waals surface area contributed by atoms with Crippen LogP contribution in [-0.4, -0.2) is 15.8 Å². The van der Waals surface area contributed by atoms with E-state index in [0.29, 0.717) is 11.1 Å². The fourth-order valence-corrected chi connectivity index (χ4v) is 1.44. The highest BCUT2D eigenvalue weighted by Gasteiger charge is 2.06. The second kappa shape index (κ2) is 4.55. The maximum atomic E-state index is 13.2. The normalized spacial score (nSPS) is 10.5. The van der Waals surface area contributed by atoms with Crippen LogP contribution < -0.4 is 5.73 Å². The second-order valence-electron chi connectivity index (χ2n) is 3.37. The van der Waals surface area contributed by atoms with Gasteiger partial charge in [-0.1, -0.05) is 17.7 Å². The number of aromatic nitrogens is 2. The van der Waals surface area contributed by atoms with Crippen molar-refractivity contribution >= 4 is 17.6 Å². The molecule has 0 saturated heterocycles. The number of amides is 1. The van der Waals surface area contributed by atoms with E-state index in [4.69, 9.17) is 17.3 Å². The fraction of sp³-hybridized carbons (Fsp3) is 0. The third-order valence-corrected chi connectivity index (χ3v) is 2.41. The summed E-state index contributed by atoms with van der Waals surface area (Å²) >= 11 is 5.56. The van der Waals surface area contributed by atoms with Crippen molar-refractivity contribution in [3.05, 3.63) is 59.0 Å². The Morgan fingerprint density at radius 3 is 2.82 bits per heavy atom. The number of nitrogens with two attached hydrogens (primary N) is 1. The molecule has 1 aromatic carbocycles. The molecular weight excluding hydrogens is 245 g/mol. The molecule has 0 bridgehead atoms. The van der Waals surface area contributed by atoms with Crippen molar-refractivity contribution in [2.75, 3.05) is 0 Å². The third-order valence-electron chi connectivity index (χ3n) is 2.11. The van der Waals surface area contributed by atoms with Gasteiger partial charge >= 0.3 is 6.03 Å². The number of carbonyl (C=O) groups excluding carboxylic acids is 1. The predicted octanol–water partition coefficient (Wildman–Crippen LogP) is 2.20. The Kier molecular flexibility index (Phi) is 3.10. The van der Waals surface area contributed by atoms with Crippen LogP contribution in [0.15, 0.2) is 30.6 Å². The minimum absolute atomic E-state index is 0.0648. The highest BCUT2D eigenvalue weighted by molar-refractivity contribution is 6.30. The zero-order chi connectivity index (χ0) is 12.4. The molecule has 1 amide bonds. The van der Waals surface area contributed by atoms with Crippen LogP contribution in [0.25, 0.3) is 0 Å². The van der Waals surface area contributed by atoms with Crippen molar-refractivity contribution in [3.63, 3.8) is 0 Å². The molecule has 2 N–H and O–H groups in total. The van der Waals surface area contributed by atoms with Crippen molar-refractivity contribution < 1.29 is 9.18 Å². The van der Waals surface area contributed by atoms with Gasteiger partial charge in [-0.15, -0.1) is 0 Å². The number of hydrogen-bond acceptors (Lipinski definition) is 2. The molecule has 1 radical (unpaired) electrons. The van der Waals surface area contributed by atoms with Crippen LogP contribution in [0.1, 0.15) is 11.1 Å². The second-order valence-corrected chi connectivity index (χ2v) is 3.78. The van der Waals surface area contributed by atoms with Gasteiger partial charge in [0.05, 0.1) is 11.2 Å². The fourth-order valence-electron chi connectivity index (χ4n) is 1.33. The zero-order valence-electron chi connectivity index (χ0n) is 8.60. The van der Waals surface area contributed by atoms with Crippen molar-refractivity contribution in [1.82, 2.24) is 9.78 Å². The molecule has 0 saturated carbocycles. The summed E-state index contributed by atoms with van der Waals surface area (Å²) in [4.78, 5) is 10.8. The summed E-state index contributed by atoms with van der Waals surface area (Å²) in [5, 5.41) is 3.81. The molecule has 0 aliphatic carbocycles. The van der Waals surface area contributed by atoms with Crippen molar-refractivity contribution in [2.45, 2.75) is 0 Å². The Hall–Kier alpha value is -1.88. The number of hydrogen-bond donors (Lipinski definition) is 1. The molecular formula is C11H8ClFN3O. The van der Waals surface area contributed by atoms with Gasteiger partial charge in [0.15, 0.2) is 0 Å². The molecule has 2 aromatic rings. The van der Waals surface area contributed by atoms with Crippen LogP contribution in [-0.2, 0) is 0 Å². The maximum absolute atomic E-state index is 13.2. The monoisotopic (exact) mass is 252 g/mol. The van der Waals surface area contributed by atoms with E-state index in [1.165, 1.54) is 24.5 Å². The predicted molar refractivity (Wildman–Crippen MR) is 61.1 cm³/mol. The topological polar surface area (TPSA) is 60.9 Å². The first kappa shape index (κ1) is 11.6. The number of halogens is 2. The summed E-state index contributed by atoms with van der Waals surface area (Å²) in [6, 6.07) is 3.74. The van der Waals surface area contributed by atoms with Gasteiger partial charge in [0, 0.05) is 12.6 Å². The molecule has 1 aromatic heterocycles. The molecule has 0 aliphatic rings. The summed E-state index contributed by atoms with van der Waals surface area (Å²) in [6.45, 7) is 0. The lowest BCUT2D eigenvalue weighted by atomic mass is 10.1. The maximum Gasteiger partial charge on any atom is 0.339 e. The molecule has 17 heavy (non-hydrogen) atoms.